The second kappa shape index (κ2) is 7.52. The summed E-state index contributed by atoms with van der Waals surface area (Å²) < 4.78 is 11.0. The fraction of sp³-hybridized carbons (Fsp3) is 0.533. The number of fused-ring (bicyclic) bond motifs is 1. The summed E-state index contributed by atoms with van der Waals surface area (Å²) in [5, 5.41) is 3.39. The van der Waals surface area contributed by atoms with E-state index in [0.29, 0.717) is 42.7 Å². The molecule has 1 heterocycles. The summed E-state index contributed by atoms with van der Waals surface area (Å²) in [6.45, 7) is 2.63. The van der Waals surface area contributed by atoms with Gasteiger partial charge >= 0.3 is 0 Å². The van der Waals surface area contributed by atoms with Crippen LogP contribution in [0.1, 0.15) is 12.0 Å². The molecule has 1 amide bonds. The van der Waals surface area contributed by atoms with Crippen molar-refractivity contribution in [1.29, 1.82) is 0 Å². The zero-order valence-corrected chi connectivity index (χ0v) is 13.2. The Morgan fingerprint density at radius 3 is 2.86 bits per heavy atom. The Hall–Kier alpha value is -1.46. The molecule has 6 heteroatoms. The van der Waals surface area contributed by atoms with Crippen molar-refractivity contribution in [3.8, 4) is 11.5 Å². The largest absolute Gasteiger partial charge is 0.486 e. The monoisotopic (exact) mass is 312 g/mol. The van der Waals surface area contributed by atoms with Crippen LogP contribution in [0.25, 0.3) is 0 Å². The first-order valence-corrected chi connectivity index (χ1v) is 7.43. The third-order valence-corrected chi connectivity index (χ3v) is 3.41. The first-order valence-electron chi connectivity index (χ1n) is 7.05. The maximum absolute atomic E-state index is 11.9. The normalized spacial score (nSPS) is 13.3. The molecular formula is C15H21ClN2O3. The van der Waals surface area contributed by atoms with Gasteiger partial charge in [-0.25, -0.2) is 0 Å². The van der Waals surface area contributed by atoms with Crippen LogP contribution in [0, 0.1) is 0 Å². The van der Waals surface area contributed by atoms with Crippen LogP contribution in [0.15, 0.2) is 12.1 Å². The SMILES string of the molecule is CN(C)CCCNC(=O)Cc1cc(Cl)c2c(c1)OCCO2. The number of hydrogen-bond acceptors (Lipinski definition) is 4. The summed E-state index contributed by atoms with van der Waals surface area (Å²) >= 11 is 6.15. The second-order valence-electron chi connectivity index (χ2n) is 5.29. The maximum Gasteiger partial charge on any atom is 0.224 e. The summed E-state index contributed by atoms with van der Waals surface area (Å²) in [7, 11) is 4.03. The topological polar surface area (TPSA) is 50.8 Å². The summed E-state index contributed by atoms with van der Waals surface area (Å²) in [5.41, 5.74) is 0.828. The Morgan fingerprint density at radius 2 is 2.10 bits per heavy atom. The van der Waals surface area contributed by atoms with Gasteiger partial charge in [-0.3, -0.25) is 4.79 Å². The molecule has 0 aliphatic carbocycles. The van der Waals surface area contributed by atoms with E-state index >= 15 is 0 Å². The number of halogens is 1. The predicted molar refractivity (Wildman–Crippen MR) is 82.3 cm³/mol. The number of nitrogens with one attached hydrogen (secondary N) is 1. The van der Waals surface area contributed by atoms with Crippen LogP contribution in [-0.2, 0) is 11.2 Å². The van der Waals surface area contributed by atoms with Gasteiger partial charge < -0.3 is 19.7 Å². The average Bonchev–Trinajstić information content (AvgIpc) is 2.43. The Morgan fingerprint density at radius 1 is 1.33 bits per heavy atom. The van der Waals surface area contributed by atoms with Gasteiger partial charge in [0.1, 0.15) is 13.2 Å². The van der Waals surface area contributed by atoms with E-state index in [0.717, 1.165) is 18.5 Å². The minimum absolute atomic E-state index is 0.0125. The van der Waals surface area contributed by atoms with Gasteiger partial charge in [0.15, 0.2) is 11.5 Å². The van der Waals surface area contributed by atoms with Gasteiger partial charge in [0.25, 0.3) is 0 Å². The van der Waals surface area contributed by atoms with E-state index in [2.05, 4.69) is 10.2 Å². The molecule has 1 aliphatic heterocycles. The summed E-state index contributed by atoms with van der Waals surface area (Å²) in [6, 6.07) is 3.58. The molecule has 116 valence electrons. The Kier molecular flexibility index (Phi) is 5.70. The number of ether oxygens (including phenoxy) is 2. The van der Waals surface area contributed by atoms with Crippen LogP contribution in [0.2, 0.25) is 5.02 Å². The molecule has 0 spiro atoms. The van der Waals surface area contributed by atoms with Gasteiger partial charge in [-0.15, -0.1) is 0 Å². The minimum Gasteiger partial charge on any atom is -0.486 e. The third-order valence-electron chi connectivity index (χ3n) is 3.13. The van der Waals surface area contributed by atoms with E-state index in [1.807, 2.05) is 20.2 Å². The molecular weight excluding hydrogens is 292 g/mol. The molecule has 0 radical (unpaired) electrons. The van der Waals surface area contributed by atoms with Gasteiger partial charge in [-0.1, -0.05) is 11.6 Å². The zero-order chi connectivity index (χ0) is 15.2. The van der Waals surface area contributed by atoms with E-state index in [1.54, 1.807) is 6.07 Å². The smallest absolute Gasteiger partial charge is 0.224 e. The van der Waals surface area contributed by atoms with E-state index in [-0.39, 0.29) is 5.91 Å². The van der Waals surface area contributed by atoms with E-state index in [1.165, 1.54) is 0 Å². The Balaban J connectivity index is 1.88. The number of carbonyl (C=O) groups excluding carboxylic acids is 1. The molecule has 0 saturated carbocycles. The maximum atomic E-state index is 11.9. The van der Waals surface area contributed by atoms with Gasteiger partial charge in [-0.05, 0) is 44.8 Å². The molecule has 0 fully saturated rings. The van der Waals surface area contributed by atoms with Crippen LogP contribution >= 0.6 is 11.6 Å². The van der Waals surface area contributed by atoms with Crippen molar-refractivity contribution in [3.63, 3.8) is 0 Å². The lowest BCUT2D eigenvalue weighted by Gasteiger charge is -2.20. The lowest BCUT2D eigenvalue weighted by Crippen LogP contribution is -2.28. The number of nitrogens with zero attached hydrogens (tertiary/aromatic N) is 1. The van der Waals surface area contributed by atoms with Crippen molar-refractivity contribution < 1.29 is 14.3 Å². The Labute approximate surface area is 130 Å². The highest BCUT2D eigenvalue weighted by Crippen LogP contribution is 2.38. The summed E-state index contributed by atoms with van der Waals surface area (Å²) in [5.74, 6) is 1.17. The first-order chi connectivity index (χ1) is 10.1. The number of hydrogen-bond donors (Lipinski definition) is 1. The number of benzene rings is 1. The fourth-order valence-electron chi connectivity index (χ4n) is 2.14. The van der Waals surface area contributed by atoms with Crippen LogP contribution in [0.5, 0.6) is 11.5 Å². The van der Waals surface area contributed by atoms with Crippen LogP contribution in [-0.4, -0.2) is 51.2 Å². The molecule has 0 bridgehead atoms. The van der Waals surface area contributed by atoms with Crippen molar-refractivity contribution in [1.82, 2.24) is 10.2 Å². The van der Waals surface area contributed by atoms with Crippen molar-refractivity contribution in [2.75, 3.05) is 40.4 Å². The number of amides is 1. The summed E-state index contributed by atoms with van der Waals surface area (Å²) in [6.07, 6.45) is 1.22. The molecule has 5 nitrogen and oxygen atoms in total. The van der Waals surface area contributed by atoms with Crippen LogP contribution < -0.4 is 14.8 Å². The standard InChI is InChI=1S/C15H21ClN2O3/c1-18(2)5-3-4-17-14(19)10-11-8-12(16)15-13(9-11)20-6-7-21-15/h8-9H,3-7,10H2,1-2H3,(H,17,19). The van der Waals surface area contributed by atoms with Crippen LogP contribution in [0.4, 0.5) is 0 Å². The van der Waals surface area contributed by atoms with Gasteiger partial charge in [0, 0.05) is 6.54 Å². The third kappa shape index (κ3) is 4.79. The number of carbonyl (C=O) groups is 1. The van der Waals surface area contributed by atoms with Crippen molar-refractivity contribution in [3.05, 3.63) is 22.7 Å². The molecule has 0 aromatic heterocycles. The predicted octanol–water partition coefficient (Wildman–Crippen LogP) is 1.72. The molecule has 21 heavy (non-hydrogen) atoms. The molecule has 2 rings (SSSR count). The molecule has 0 saturated heterocycles. The molecule has 1 aliphatic rings. The van der Waals surface area contributed by atoms with Crippen molar-refractivity contribution in [2.45, 2.75) is 12.8 Å². The first kappa shape index (κ1) is 15.9. The molecule has 1 aromatic carbocycles. The lowest BCUT2D eigenvalue weighted by atomic mass is 10.1. The van der Waals surface area contributed by atoms with Gasteiger partial charge in [0.05, 0.1) is 11.4 Å². The summed E-state index contributed by atoms with van der Waals surface area (Å²) in [4.78, 5) is 14.0. The average molecular weight is 313 g/mol. The molecule has 1 aromatic rings. The second-order valence-corrected chi connectivity index (χ2v) is 5.69. The van der Waals surface area contributed by atoms with Gasteiger partial charge in [-0.2, -0.15) is 0 Å². The Bertz CT molecular complexity index is 506. The van der Waals surface area contributed by atoms with Crippen molar-refractivity contribution in [2.24, 2.45) is 0 Å². The van der Waals surface area contributed by atoms with Crippen LogP contribution in [0.3, 0.4) is 0 Å². The quantitative estimate of drug-likeness (QED) is 0.813. The van der Waals surface area contributed by atoms with E-state index in [4.69, 9.17) is 21.1 Å². The van der Waals surface area contributed by atoms with E-state index < -0.39 is 0 Å². The zero-order valence-electron chi connectivity index (χ0n) is 12.4. The highest BCUT2D eigenvalue weighted by atomic mass is 35.5. The lowest BCUT2D eigenvalue weighted by molar-refractivity contribution is -0.120. The highest BCUT2D eigenvalue weighted by Gasteiger charge is 2.17. The fourth-order valence-corrected chi connectivity index (χ4v) is 2.43. The highest BCUT2D eigenvalue weighted by molar-refractivity contribution is 6.32. The van der Waals surface area contributed by atoms with Crippen molar-refractivity contribution >= 4 is 17.5 Å². The van der Waals surface area contributed by atoms with Gasteiger partial charge in [0.2, 0.25) is 5.91 Å². The molecule has 0 unspecified atom stereocenters. The minimum atomic E-state index is -0.0125. The molecule has 0 atom stereocenters. The molecule has 1 N–H and O–H groups in total. The van der Waals surface area contributed by atoms with E-state index in [9.17, 15) is 4.79 Å². The number of rotatable bonds is 6.